The number of aromatic nitrogens is 1. The third-order valence-corrected chi connectivity index (χ3v) is 15.0. The second-order valence-electron chi connectivity index (χ2n) is 19.3. The normalized spacial score (nSPS) is 32.5. The van der Waals surface area contributed by atoms with E-state index >= 15 is 0 Å². The number of carbonyl (C=O) groups is 1. The number of ether oxygens (including phenoxy) is 4. The number of aliphatic hydroxyl groups excluding tert-OH is 5. The van der Waals surface area contributed by atoms with Gasteiger partial charge in [-0.3, -0.25) is 0 Å². The average Bonchev–Trinajstić information content (AvgIpc) is 3.92. The zero-order valence-electron chi connectivity index (χ0n) is 38.1. The first kappa shape index (κ1) is 50.1. The lowest BCUT2D eigenvalue weighted by atomic mass is 9.64. The van der Waals surface area contributed by atoms with Crippen molar-refractivity contribution in [3.05, 3.63) is 101 Å². The Labute approximate surface area is 392 Å². The molecule has 15 nitrogen and oxygen atoms in total. The van der Waals surface area contributed by atoms with Gasteiger partial charge in [-0.2, -0.15) is 5.26 Å². The number of carboxylic acid groups (broad SMARTS) is 1. The van der Waals surface area contributed by atoms with Crippen molar-refractivity contribution in [1.82, 2.24) is 4.57 Å². The van der Waals surface area contributed by atoms with Crippen LogP contribution in [-0.4, -0.2) is 126 Å². The molecular weight excluding hydrogens is 861 g/mol. The van der Waals surface area contributed by atoms with E-state index < -0.39 is 65.9 Å². The summed E-state index contributed by atoms with van der Waals surface area (Å²) < 4.78 is 26.5. The lowest BCUT2D eigenvalue weighted by Crippen LogP contribution is -2.70. The molecule has 8 N–H and O–H groups in total. The van der Waals surface area contributed by atoms with Gasteiger partial charge in [0.2, 0.25) is 6.29 Å². The Morgan fingerprint density at radius 1 is 1.07 bits per heavy atom. The molecule has 3 aliphatic heterocycles. The summed E-state index contributed by atoms with van der Waals surface area (Å²) in [6.45, 7) is 3.79. The largest absolute Gasteiger partial charge is 0.478 e. The number of fused-ring (bicyclic) bond motifs is 9. The number of nitrogens with zero attached hydrogens (tertiary/aromatic N) is 2. The Morgan fingerprint density at radius 2 is 1.87 bits per heavy atom. The number of hydrogen-bond acceptors (Lipinski definition) is 13. The standard InChI is InChI=1S/C52H66N2O13/c1-3-6-35-14-16-41(24-38(35)23-39(31-64-2)43(30-56)54-18-17-33(28-53)29-54)66-50-52(63)27-42(44(57)7-5-20-65-45(8-4-19-55)47(67-50)46(58)48(52)59)37-13-15-40-22-34(25-51(40,62)26-37)21-32-9-11-36(12-10-32)49(60)61/h3,9-12,14,16-18,24,29,34,37,39-40,42-48,50,55-59,62-63H,1,4,6-8,13,15,19,21-23,25-27,30-31H2,2H3,(H,60,61). The number of aromatic carboxylic acids is 1. The number of carboxylic acids is 1. The molecule has 0 spiro atoms. The highest BCUT2D eigenvalue weighted by molar-refractivity contribution is 5.87. The minimum absolute atomic E-state index is 0.00228. The average molecular weight is 927 g/mol. The Balaban J connectivity index is 1.19. The molecule has 0 radical (unpaired) electrons. The molecule has 5 aliphatic rings. The van der Waals surface area contributed by atoms with Gasteiger partial charge in [0.25, 0.3) is 0 Å². The van der Waals surface area contributed by atoms with Crippen molar-refractivity contribution in [2.75, 3.05) is 26.9 Å². The van der Waals surface area contributed by atoms with Crippen LogP contribution < -0.4 is 4.74 Å². The van der Waals surface area contributed by atoms with Gasteiger partial charge in [-0.05, 0) is 141 Å². The molecule has 2 aliphatic carbocycles. The number of nitriles is 1. The van der Waals surface area contributed by atoms with Crippen molar-refractivity contribution in [3.63, 3.8) is 0 Å². The maximum Gasteiger partial charge on any atom is 0.335 e. The van der Waals surface area contributed by atoms with E-state index in [1.54, 1.807) is 60.5 Å². The van der Waals surface area contributed by atoms with E-state index in [2.05, 4.69) is 24.7 Å². The molecule has 14 atom stereocenters. The first-order valence-electron chi connectivity index (χ1n) is 23.5. The summed E-state index contributed by atoms with van der Waals surface area (Å²) in [6, 6.07) is 15.5. The first-order valence-corrected chi connectivity index (χ1v) is 23.5. The molecule has 1 aromatic heterocycles. The van der Waals surface area contributed by atoms with Gasteiger partial charge in [0.15, 0.2) is 5.60 Å². The SMILES string of the molecule is C=CCc1ccc(OC2OC3C(CCCO)OC#CCC(O)C(C4CCC5CC(Cc6ccc(C(=O)O)cc6)CC5(O)C4)CC2(O)C(O)C3O)cc1CC(COC)C(CO)n1ccc(C#N)c1. The fourth-order valence-corrected chi connectivity index (χ4v) is 11.5. The minimum atomic E-state index is -2.32. The minimum Gasteiger partial charge on any atom is -0.478 e. The Hall–Kier alpha value is -4.78. The predicted octanol–water partition coefficient (Wildman–Crippen LogP) is 4.07. The Bertz CT molecular complexity index is 2250. The van der Waals surface area contributed by atoms with Crippen molar-refractivity contribution in [1.29, 1.82) is 5.26 Å². The molecule has 8 rings (SSSR count). The highest BCUT2D eigenvalue weighted by atomic mass is 16.7. The summed E-state index contributed by atoms with van der Waals surface area (Å²) in [5, 5.41) is 100. The summed E-state index contributed by atoms with van der Waals surface area (Å²) in [7, 11) is 1.58. The van der Waals surface area contributed by atoms with Gasteiger partial charge < -0.3 is 64.4 Å². The number of aliphatic hydroxyl groups is 7. The van der Waals surface area contributed by atoms with E-state index in [9.17, 15) is 50.9 Å². The van der Waals surface area contributed by atoms with Gasteiger partial charge >= 0.3 is 5.97 Å². The topological polar surface area (TPSA) is 245 Å². The monoisotopic (exact) mass is 926 g/mol. The highest BCUT2D eigenvalue weighted by Gasteiger charge is 2.60. The first-order chi connectivity index (χ1) is 32.2. The molecule has 0 amide bonds. The number of allylic oxidation sites excluding steroid dienone is 1. The molecule has 15 heteroatoms. The summed E-state index contributed by atoms with van der Waals surface area (Å²) in [6.07, 6.45) is 3.87. The third-order valence-electron chi connectivity index (χ3n) is 15.0. The van der Waals surface area contributed by atoms with Crippen LogP contribution in [0, 0.1) is 52.9 Å². The summed E-state index contributed by atoms with van der Waals surface area (Å²) in [5.41, 5.74) is -0.00761. The van der Waals surface area contributed by atoms with Crippen molar-refractivity contribution in [3.8, 4) is 23.8 Å². The Kier molecular flexibility index (Phi) is 16.5. The van der Waals surface area contributed by atoms with E-state index in [0.717, 1.165) is 23.1 Å². The molecule has 1 saturated heterocycles. The van der Waals surface area contributed by atoms with Gasteiger partial charge in [-0.15, -0.1) is 6.58 Å². The molecule has 2 saturated carbocycles. The number of hydrogen-bond donors (Lipinski definition) is 8. The summed E-state index contributed by atoms with van der Waals surface area (Å²) >= 11 is 0. The van der Waals surface area contributed by atoms with Crippen LogP contribution in [0.5, 0.6) is 5.75 Å². The predicted molar refractivity (Wildman–Crippen MR) is 244 cm³/mol. The van der Waals surface area contributed by atoms with Gasteiger partial charge in [-0.1, -0.05) is 30.2 Å². The van der Waals surface area contributed by atoms with Crippen LogP contribution in [0.1, 0.15) is 96.4 Å². The molecule has 2 bridgehead atoms. The number of rotatable bonds is 18. The van der Waals surface area contributed by atoms with Crippen LogP contribution in [-0.2, 0) is 33.5 Å². The maximum atomic E-state index is 13.0. The van der Waals surface area contributed by atoms with Crippen molar-refractivity contribution in [2.24, 2.45) is 29.6 Å². The molecule has 4 heterocycles. The molecule has 362 valence electrons. The molecule has 67 heavy (non-hydrogen) atoms. The smallest absolute Gasteiger partial charge is 0.335 e. The van der Waals surface area contributed by atoms with Crippen molar-refractivity contribution >= 4 is 5.97 Å². The summed E-state index contributed by atoms with van der Waals surface area (Å²) in [4.78, 5) is 11.4. The molecule has 3 aromatic rings. The van der Waals surface area contributed by atoms with Crippen LogP contribution in [0.3, 0.4) is 0 Å². The third kappa shape index (κ3) is 11.2. The zero-order chi connectivity index (χ0) is 47.9. The second kappa shape index (κ2) is 22.1. The Morgan fingerprint density at radius 3 is 2.55 bits per heavy atom. The number of benzene rings is 2. The summed E-state index contributed by atoms with van der Waals surface area (Å²) in [5.74, 6) is 0.943. The fraction of sp³-hybridized carbons (Fsp3) is 0.577. The maximum absolute atomic E-state index is 13.0. The quantitative estimate of drug-likeness (QED) is 0.0663. The van der Waals surface area contributed by atoms with Crippen LogP contribution in [0.15, 0.2) is 73.6 Å². The van der Waals surface area contributed by atoms with Gasteiger partial charge in [0.1, 0.15) is 42.3 Å². The van der Waals surface area contributed by atoms with E-state index in [1.807, 2.05) is 18.2 Å². The zero-order valence-corrected chi connectivity index (χ0v) is 38.1. The highest BCUT2D eigenvalue weighted by Crippen LogP contribution is 2.54. The van der Waals surface area contributed by atoms with Crippen LogP contribution in [0.25, 0.3) is 0 Å². The van der Waals surface area contributed by atoms with E-state index in [0.29, 0.717) is 50.5 Å². The van der Waals surface area contributed by atoms with Gasteiger partial charge in [0, 0.05) is 38.4 Å². The lowest BCUT2D eigenvalue weighted by molar-refractivity contribution is -0.334. The van der Waals surface area contributed by atoms with Gasteiger partial charge in [-0.25, -0.2) is 4.79 Å². The molecular formula is C52H66N2O13. The van der Waals surface area contributed by atoms with Crippen LogP contribution in [0.4, 0.5) is 0 Å². The lowest BCUT2D eigenvalue weighted by Gasteiger charge is -2.52. The molecule has 2 aromatic carbocycles. The molecule has 3 fully saturated rings. The van der Waals surface area contributed by atoms with Crippen molar-refractivity contribution in [2.45, 2.75) is 131 Å². The van der Waals surface area contributed by atoms with Crippen LogP contribution in [0.2, 0.25) is 0 Å². The van der Waals surface area contributed by atoms with E-state index in [1.165, 1.54) is 0 Å². The van der Waals surface area contributed by atoms with Crippen LogP contribution >= 0.6 is 0 Å². The van der Waals surface area contributed by atoms with E-state index in [4.69, 9.17) is 18.9 Å². The molecule has 14 unspecified atom stereocenters. The van der Waals surface area contributed by atoms with E-state index in [-0.39, 0.29) is 80.5 Å². The number of methoxy groups -OCH3 is 1. The van der Waals surface area contributed by atoms with Gasteiger partial charge in [0.05, 0.1) is 42.1 Å². The second-order valence-corrected chi connectivity index (χ2v) is 19.3. The van der Waals surface area contributed by atoms with Crippen molar-refractivity contribution < 1.29 is 64.6 Å². The fourth-order valence-electron chi connectivity index (χ4n) is 11.5.